The van der Waals surface area contributed by atoms with Gasteiger partial charge in [-0.05, 0) is 38.3 Å². The topological polar surface area (TPSA) is 65.7 Å². The number of pyridine rings is 1. The van der Waals surface area contributed by atoms with Crippen LogP contribution in [0.25, 0.3) is 11.0 Å². The minimum absolute atomic E-state index is 0.181. The first-order valence-corrected chi connectivity index (χ1v) is 6.92. The molecule has 0 saturated carbocycles. The van der Waals surface area contributed by atoms with E-state index in [1.165, 1.54) is 0 Å². The summed E-state index contributed by atoms with van der Waals surface area (Å²) in [6, 6.07) is 4.43. The molecule has 20 heavy (non-hydrogen) atoms. The zero-order chi connectivity index (χ0) is 14.1. The van der Waals surface area contributed by atoms with E-state index in [1.54, 1.807) is 6.33 Å². The summed E-state index contributed by atoms with van der Waals surface area (Å²) >= 11 is 0. The maximum Gasteiger partial charge on any atom is 0.165 e. The van der Waals surface area contributed by atoms with Gasteiger partial charge in [-0.3, -0.25) is 0 Å². The monoisotopic (exact) mass is 267 g/mol. The molecule has 1 aliphatic rings. The molecule has 1 saturated heterocycles. The fraction of sp³-hybridized carbons (Fsp3) is 0.467. The number of fused-ring (bicyclic) bond motifs is 1. The number of aromatic nitrogens is 3. The van der Waals surface area contributed by atoms with E-state index in [9.17, 15) is 0 Å². The molecule has 2 aromatic rings. The fourth-order valence-electron chi connectivity index (χ4n) is 2.85. The van der Waals surface area contributed by atoms with Crippen LogP contribution < -0.4 is 4.90 Å². The second-order valence-electron chi connectivity index (χ2n) is 5.37. The number of hydrogen-bond acceptors (Lipinski definition) is 5. The molecule has 5 heteroatoms. The quantitative estimate of drug-likeness (QED) is 0.793. The van der Waals surface area contributed by atoms with Gasteiger partial charge in [-0.15, -0.1) is 0 Å². The van der Waals surface area contributed by atoms with Crippen molar-refractivity contribution in [1.29, 1.82) is 5.26 Å². The molecule has 3 rings (SSSR count). The van der Waals surface area contributed by atoms with Gasteiger partial charge in [-0.2, -0.15) is 5.26 Å². The largest absolute Gasteiger partial charge is 0.356 e. The number of piperidine rings is 1. The van der Waals surface area contributed by atoms with Crippen LogP contribution in [0.2, 0.25) is 0 Å². The minimum Gasteiger partial charge on any atom is -0.356 e. The molecule has 0 amide bonds. The number of anilines is 1. The van der Waals surface area contributed by atoms with E-state index in [0.29, 0.717) is 0 Å². The number of aryl methyl sites for hydroxylation is 2. The van der Waals surface area contributed by atoms with Crippen LogP contribution in [0.1, 0.15) is 24.1 Å². The third-order valence-electron chi connectivity index (χ3n) is 3.89. The molecular weight excluding hydrogens is 250 g/mol. The number of nitrogens with zero attached hydrogens (tertiary/aromatic N) is 5. The molecule has 0 bridgehead atoms. The Kier molecular flexibility index (Phi) is 3.23. The van der Waals surface area contributed by atoms with Crippen LogP contribution in [0, 0.1) is 31.1 Å². The molecule has 0 N–H and O–H groups in total. The molecule has 1 aliphatic heterocycles. The van der Waals surface area contributed by atoms with E-state index in [-0.39, 0.29) is 5.92 Å². The van der Waals surface area contributed by atoms with Crippen LogP contribution in [0.15, 0.2) is 12.4 Å². The van der Waals surface area contributed by atoms with Crippen LogP contribution >= 0.6 is 0 Å². The highest BCUT2D eigenvalue weighted by Crippen LogP contribution is 2.28. The summed E-state index contributed by atoms with van der Waals surface area (Å²) < 4.78 is 0. The molecule has 0 aliphatic carbocycles. The van der Waals surface area contributed by atoms with Crippen molar-refractivity contribution in [3.63, 3.8) is 0 Å². The SMILES string of the molecule is Cc1cc(C)c2c(N3CCC(C#N)CC3)ncnc2n1. The highest BCUT2D eigenvalue weighted by atomic mass is 15.2. The lowest BCUT2D eigenvalue weighted by Gasteiger charge is -2.30. The van der Waals surface area contributed by atoms with Gasteiger partial charge in [0.15, 0.2) is 5.65 Å². The molecule has 0 unspecified atom stereocenters. The Labute approximate surface area is 118 Å². The van der Waals surface area contributed by atoms with E-state index in [1.807, 2.05) is 6.92 Å². The average Bonchev–Trinajstić information content (AvgIpc) is 2.46. The summed E-state index contributed by atoms with van der Waals surface area (Å²) in [6.45, 7) is 5.80. The van der Waals surface area contributed by atoms with Crippen molar-refractivity contribution in [2.24, 2.45) is 5.92 Å². The molecular formula is C15H17N5. The highest BCUT2D eigenvalue weighted by molar-refractivity contribution is 5.90. The first-order valence-electron chi connectivity index (χ1n) is 6.92. The Balaban J connectivity index is 2.02. The van der Waals surface area contributed by atoms with Gasteiger partial charge in [0, 0.05) is 24.7 Å². The maximum absolute atomic E-state index is 8.99. The summed E-state index contributed by atoms with van der Waals surface area (Å²) in [7, 11) is 0. The first-order chi connectivity index (χ1) is 9.69. The van der Waals surface area contributed by atoms with Gasteiger partial charge in [0.2, 0.25) is 0 Å². The standard InChI is InChI=1S/C15H17N5/c1-10-7-11(2)19-14-13(10)15(18-9-17-14)20-5-3-12(8-16)4-6-20/h7,9,12H,3-6H2,1-2H3. The predicted molar refractivity (Wildman–Crippen MR) is 77.4 cm³/mol. The Morgan fingerprint density at radius 1 is 1.25 bits per heavy atom. The van der Waals surface area contributed by atoms with Crippen LogP contribution in [0.3, 0.4) is 0 Å². The van der Waals surface area contributed by atoms with Crippen molar-refractivity contribution < 1.29 is 0 Å². The van der Waals surface area contributed by atoms with Gasteiger partial charge < -0.3 is 4.90 Å². The van der Waals surface area contributed by atoms with Gasteiger partial charge >= 0.3 is 0 Å². The van der Waals surface area contributed by atoms with Crippen molar-refractivity contribution >= 4 is 16.9 Å². The van der Waals surface area contributed by atoms with Gasteiger partial charge in [-0.25, -0.2) is 15.0 Å². The summed E-state index contributed by atoms with van der Waals surface area (Å²) in [6.07, 6.45) is 3.39. The van der Waals surface area contributed by atoms with Crippen molar-refractivity contribution in [2.75, 3.05) is 18.0 Å². The van der Waals surface area contributed by atoms with E-state index in [4.69, 9.17) is 5.26 Å². The molecule has 0 atom stereocenters. The van der Waals surface area contributed by atoms with Gasteiger partial charge in [-0.1, -0.05) is 0 Å². The highest BCUT2D eigenvalue weighted by Gasteiger charge is 2.22. The molecule has 102 valence electrons. The number of rotatable bonds is 1. The van der Waals surface area contributed by atoms with Gasteiger partial charge in [0.25, 0.3) is 0 Å². The third kappa shape index (κ3) is 2.18. The van der Waals surface area contributed by atoms with Crippen molar-refractivity contribution in [2.45, 2.75) is 26.7 Å². The van der Waals surface area contributed by atoms with Crippen LogP contribution in [-0.4, -0.2) is 28.0 Å². The molecule has 5 nitrogen and oxygen atoms in total. The molecule has 0 aromatic carbocycles. The van der Waals surface area contributed by atoms with Crippen LogP contribution in [0.5, 0.6) is 0 Å². The summed E-state index contributed by atoms with van der Waals surface area (Å²) in [5, 5.41) is 10.0. The minimum atomic E-state index is 0.181. The Bertz CT molecular complexity index is 680. The average molecular weight is 267 g/mol. The summed E-state index contributed by atoms with van der Waals surface area (Å²) in [4.78, 5) is 15.5. The van der Waals surface area contributed by atoms with Crippen LogP contribution in [-0.2, 0) is 0 Å². The van der Waals surface area contributed by atoms with Crippen LogP contribution in [0.4, 0.5) is 5.82 Å². The fourth-order valence-corrected chi connectivity index (χ4v) is 2.85. The summed E-state index contributed by atoms with van der Waals surface area (Å²) in [5.41, 5.74) is 2.89. The number of hydrogen-bond donors (Lipinski definition) is 0. The van der Waals surface area contributed by atoms with E-state index < -0.39 is 0 Å². The second kappa shape index (κ2) is 5.04. The van der Waals surface area contributed by atoms with E-state index in [2.05, 4.69) is 38.9 Å². The molecule has 2 aromatic heterocycles. The lowest BCUT2D eigenvalue weighted by molar-refractivity contribution is 0.486. The Morgan fingerprint density at radius 3 is 2.70 bits per heavy atom. The Hall–Kier alpha value is -2.22. The second-order valence-corrected chi connectivity index (χ2v) is 5.37. The predicted octanol–water partition coefficient (Wildman–Crippen LogP) is 2.38. The zero-order valence-corrected chi connectivity index (χ0v) is 11.8. The smallest absolute Gasteiger partial charge is 0.165 e. The molecule has 3 heterocycles. The molecule has 1 fully saturated rings. The van der Waals surface area contributed by atoms with Gasteiger partial charge in [0.1, 0.15) is 12.1 Å². The Morgan fingerprint density at radius 2 is 2.00 bits per heavy atom. The molecule has 0 radical (unpaired) electrons. The molecule has 0 spiro atoms. The number of nitriles is 1. The lowest BCUT2D eigenvalue weighted by Crippen LogP contribution is -2.34. The first kappa shape index (κ1) is 12.8. The summed E-state index contributed by atoms with van der Waals surface area (Å²) in [5.74, 6) is 1.14. The van der Waals surface area contributed by atoms with Gasteiger partial charge in [0.05, 0.1) is 11.5 Å². The van der Waals surface area contributed by atoms with E-state index >= 15 is 0 Å². The maximum atomic E-state index is 8.99. The van der Waals surface area contributed by atoms with Crippen molar-refractivity contribution in [1.82, 2.24) is 15.0 Å². The van der Waals surface area contributed by atoms with E-state index in [0.717, 1.165) is 54.0 Å². The van der Waals surface area contributed by atoms with Crippen molar-refractivity contribution in [3.8, 4) is 6.07 Å². The third-order valence-corrected chi connectivity index (χ3v) is 3.89. The lowest BCUT2D eigenvalue weighted by atomic mass is 9.98. The zero-order valence-electron chi connectivity index (χ0n) is 11.8. The normalized spacial score (nSPS) is 16.4. The van der Waals surface area contributed by atoms with Crippen molar-refractivity contribution in [3.05, 3.63) is 23.7 Å².